The molecule has 0 radical (unpaired) electrons. The van der Waals surface area contributed by atoms with E-state index in [-0.39, 0.29) is 72.6 Å². The van der Waals surface area contributed by atoms with Gasteiger partial charge in [-0.1, -0.05) is 165 Å². The molecule has 2 spiro atoms. The molecule has 1 aliphatic carbocycles. The zero-order valence-corrected chi connectivity index (χ0v) is 68.6. The number of benzene rings is 4. The van der Waals surface area contributed by atoms with Crippen molar-refractivity contribution in [2.24, 2.45) is 33.7 Å². The highest BCUT2D eigenvalue weighted by Gasteiger charge is 2.55. The third-order valence-electron chi connectivity index (χ3n) is 23.0. The Morgan fingerprint density at radius 2 is 0.752 bits per heavy atom. The van der Waals surface area contributed by atoms with Gasteiger partial charge in [-0.3, -0.25) is 24.4 Å². The molecule has 30 heteroatoms. The number of aliphatic imine (C=N–C) groups is 2. The van der Waals surface area contributed by atoms with E-state index in [1.54, 1.807) is 34.7 Å². The maximum absolute atomic E-state index is 14.0. The Hall–Kier alpha value is -11.1. The molecule has 117 heavy (non-hydrogen) atoms. The van der Waals surface area contributed by atoms with E-state index in [9.17, 15) is 38.4 Å². The number of likely N-dealkylation sites (tertiary alicyclic amines) is 3. The van der Waals surface area contributed by atoms with Gasteiger partial charge in [-0.2, -0.15) is 0 Å². The Bertz CT molecular complexity index is 4650. The Labute approximate surface area is 681 Å². The minimum absolute atomic E-state index is 0.109. The number of carbonyl (C=O) groups excluding carboxylic acids is 7. The fourth-order valence-corrected chi connectivity index (χ4v) is 16.4. The first-order valence-electron chi connectivity index (χ1n) is 40.3. The van der Waals surface area contributed by atoms with E-state index in [1.807, 2.05) is 60.1 Å². The van der Waals surface area contributed by atoms with Gasteiger partial charge in [0.05, 0.1) is 110 Å². The maximum Gasteiger partial charge on any atom is 0.407 e. The van der Waals surface area contributed by atoms with Crippen molar-refractivity contribution in [1.82, 2.24) is 55.9 Å². The van der Waals surface area contributed by atoms with Crippen molar-refractivity contribution < 1.29 is 81.4 Å². The number of carboxylic acids is 1. The second-order valence-electron chi connectivity index (χ2n) is 32.1. The molecule has 9 heterocycles. The lowest BCUT2D eigenvalue weighted by Gasteiger charge is -2.31. The number of carboxylic acid groups (broad SMARTS) is 1. The zero-order chi connectivity index (χ0) is 83.4. The number of aromatic amines is 2. The number of aliphatic carboxylic acids is 1. The number of alkyl carbamates (subject to hydrolysis) is 4. The highest BCUT2D eigenvalue weighted by molar-refractivity contribution is 6.05. The number of nitrogens with zero attached hydrogens (tertiary/aromatic N) is 7. The summed E-state index contributed by atoms with van der Waals surface area (Å²) in [4.78, 5) is 130. The number of rotatable bonds is 22. The first kappa shape index (κ1) is 85.3. The van der Waals surface area contributed by atoms with Crippen molar-refractivity contribution >= 4 is 70.6 Å². The number of aromatic nitrogens is 4. The maximum atomic E-state index is 14.0. The van der Waals surface area contributed by atoms with Crippen LogP contribution in [0.1, 0.15) is 154 Å². The third kappa shape index (κ3) is 20.0. The summed E-state index contributed by atoms with van der Waals surface area (Å²) < 4.78 is 42.8. The summed E-state index contributed by atoms with van der Waals surface area (Å²) in [6.07, 6.45) is 13.7. The molecule has 6 aromatic rings. The van der Waals surface area contributed by atoms with Gasteiger partial charge in [0.15, 0.2) is 11.6 Å². The van der Waals surface area contributed by atoms with E-state index in [4.69, 9.17) is 48.2 Å². The van der Waals surface area contributed by atoms with Gasteiger partial charge in [-0.15, -0.1) is 0 Å². The number of carbonyl (C=O) groups is 8. The van der Waals surface area contributed by atoms with E-state index >= 15 is 0 Å². The van der Waals surface area contributed by atoms with Crippen LogP contribution in [0.4, 0.5) is 19.2 Å². The van der Waals surface area contributed by atoms with Crippen LogP contribution in [-0.4, -0.2) is 222 Å². The van der Waals surface area contributed by atoms with Gasteiger partial charge in [0.2, 0.25) is 17.7 Å². The van der Waals surface area contributed by atoms with Gasteiger partial charge in [-0.05, 0) is 105 Å². The topological polar surface area (TPSA) is 371 Å². The number of amides is 7. The molecule has 14 rings (SSSR count). The van der Waals surface area contributed by atoms with Gasteiger partial charge in [0.25, 0.3) is 0 Å². The molecule has 7 amide bonds. The molecule has 4 aromatic carbocycles. The molecule has 7 N–H and O–H groups in total. The molecule has 6 fully saturated rings. The normalized spacial score (nSPS) is 20.2. The lowest BCUT2D eigenvalue weighted by molar-refractivity contribution is -0.153. The summed E-state index contributed by atoms with van der Waals surface area (Å²) in [5.74, 6) is -1.55. The Kier molecular flexibility index (Phi) is 27.6. The minimum atomic E-state index is -1.06. The Morgan fingerprint density at radius 1 is 0.427 bits per heavy atom. The number of imidazole rings is 2. The van der Waals surface area contributed by atoms with Crippen LogP contribution in [0.2, 0.25) is 0 Å². The van der Waals surface area contributed by atoms with Crippen molar-refractivity contribution in [3.8, 4) is 44.8 Å². The fourth-order valence-electron chi connectivity index (χ4n) is 16.4. The molecule has 30 nitrogen and oxygen atoms in total. The predicted octanol–water partition coefficient (Wildman–Crippen LogP) is 12.5. The summed E-state index contributed by atoms with van der Waals surface area (Å²) in [6, 6.07) is 29.8. The lowest BCUT2D eigenvalue weighted by atomic mass is 9.95. The molecule has 624 valence electrons. The third-order valence-corrected chi connectivity index (χ3v) is 23.0. The van der Waals surface area contributed by atoms with Crippen molar-refractivity contribution in [3.63, 3.8) is 0 Å². The summed E-state index contributed by atoms with van der Waals surface area (Å²) in [6.45, 7) is 17.8. The van der Waals surface area contributed by atoms with E-state index in [2.05, 4.69) is 143 Å². The first-order chi connectivity index (χ1) is 56.2. The second-order valence-corrected chi connectivity index (χ2v) is 32.1. The second kappa shape index (κ2) is 37.9. The van der Waals surface area contributed by atoms with Gasteiger partial charge in [-0.25, -0.2) is 33.9 Å². The molecule has 2 aromatic heterocycles. The van der Waals surface area contributed by atoms with Crippen molar-refractivity contribution in [3.05, 3.63) is 145 Å². The molecule has 7 atom stereocenters. The van der Waals surface area contributed by atoms with Crippen molar-refractivity contribution in [2.75, 3.05) is 74.5 Å². The zero-order valence-electron chi connectivity index (χ0n) is 68.6. The smallest absolute Gasteiger partial charge is 0.407 e. The van der Waals surface area contributed by atoms with Gasteiger partial charge >= 0.3 is 30.3 Å². The molecule has 8 aliphatic rings. The summed E-state index contributed by atoms with van der Waals surface area (Å²) in [7, 11) is 5.05. The van der Waals surface area contributed by atoms with Crippen LogP contribution in [-0.2, 0) is 57.1 Å². The van der Waals surface area contributed by atoms with Crippen molar-refractivity contribution in [1.29, 1.82) is 0 Å². The van der Waals surface area contributed by atoms with E-state index in [0.29, 0.717) is 64.6 Å². The van der Waals surface area contributed by atoms with E-state index < -0.39 is 66.1 Å². The monoisotopic (exact) mass is 1610 g/mol. The van der Waals surface area contributed by atoms with E-state index in [0.717, 1.165) is 103 Å². The van der Waals surface area contributed by atoms with Gasteiger partial charge in [0, 0.05) is 62.0 Å². The lowest BCUT2D eigenvalue weighted by Crippen LogP contribution is -2.54. The molecular weight excluding hydrogens is 1500 g/mol. The summed E-state index contributed by atoms with van der Waals surface area (Å²) in [5, 5.41) is 18.9. The van der Waals surface area contributed by atoms with Crippen LogP contribution in [0.5, 0.6) is 0 Å². The van der Waals surface area contributed by atoms with Crippen LogP contribution < -0.4 is 21.3 Å². The van der Waals surface area contributed by atoms with Crippen LogP contribution in [0.25, 0.3) is 55.9 Å². The number of hydrogen-bond acceptors (Lipinski definition) is 20. The average molecular weight is 1610 g/mol. The first-order valence-corrected chi connectivity index (χ1v) is 40.3. The quantitative estimate of drug-likeness (QED) is 0.0310. The molecular formula is C87H109N13O17. The number of ether oxygens (including phenoxy) is 8. The largest absolute Gasteiger partial charge is 0.480 e. The Morgan fingerprint density at radius 3 is 1.10 bits per heavy atom. The standard InChI is InChI=1S/C43H53N7O8.C37H43N5O5.C7H13NO4/c1-25(2)36(47-41(53)55-5)39(51)49-17-7-8-34(49)38-45-23-33(46-38)30-15-13-28(14-16-30)27-9-11-29(12-10-27)31-20-32(44-22-31)35-21-43(57-18-19-58-43)24-50(35)40(52)37(26(3)4)48-42(54)56-6;1-23(2)33(41-36(44)45-3)35(43)42-22-37(46-16-17-47-37)19-32(42)30-18-29(20-38-30)26-10-8-24(9-11-26)25-12-14-27(15-13-25)31-21-39-34(40-31)28-6-4-5-7-28;1-4(2)5(6(9)10)8-7(11)12-3/h9-16,22-23,25-26,34-37H,7-8,17-21,24H2,1-6H3,(H,45,46)(H,47,53)(H,48,54);8-15,20-21,23,28,32-33H,4-7,16-19,22H2,1-3H3,(H,39,40)(H,41,44);4-5H,1-3H3,(H,8,11)(H,9,10)/t34-,35-,36-,37-;32-,33-;5-/m000/s1. The molecule has 1 saturated carbocycles. The van der Waals surface area contributed by atoms with Crippen LogP contribution in [0.3, 0.4) is 0 Å². The number of nitrogens with one attached hydrogen (secondary N) is 6. The molecule has 5 saturated heterocycles. The number of allylic oxidation sites excluding steroid dienone is 2. The fraction of sp³-hybridized carbons (Fsp3) is 0.494. The van der Waals surface area contributed by atoms with Crippen LogP contribution in [0.15, 0.2) is 132 Å². The number of H-pyrrole nitrogens is 2. The van der Waals surface area contributed by atoms with Crippen LogP contribution in [0, 0.1) is 23.7 Å². The van der Waals surface area contributed by atoms with Gasteiger partial charge < -0.3 is 88.9 Å². The highest BCUT2D eigenvalue weighted by atomic mass is 16.7. The molecule has 0 bridgehead atoms. The molecule has 7 aliphatic heterocycles. The van der Waals surface area contributed by atoms with Crippen molar-refractivity contribution in [2.45, 2.75) is 179 Å². The molecule has 0 unspecified atom stereocenters. The average Bonchev–Trinajstić information content (AvgIpc) is 1.61. The predicted molar refractivity (Wildman–Crippen MR) is 438 cm³/mol. The SMILES string of the molecule is COC(=O)N[C@H](C(=O)N1CC2(C[C@H]1C1=NC=C(c3ccc(-c4ccc(-c5cnc(C6CCCC6)[nH]5)cc4)cc3)C1)OCCO2)C(C)C.COC(=O)N[C@H](C(=O)N1CC2(C[C@H]1C1=NC=C(c3ccc(-c4ccc(-c5cnc([C@@H]6CCCN6C(=O)[C@@H](NC(=O)OC)C(C)C)[nH]5)cc4)cc3)C1)OCCO2)C(C)C.COC(=O)N[C@H](C(=O)O)C(C)C. The summed E-state index contributed by atoms with van der Waals surface area (Å²) >= 11 is 0. The van der Waals surface area contributed by atoms with Gasteiger partial charge in [0.1, 0.15) is 35.8 Å². The summed E-state index contributed by atoms with van der Waals surface area (Å²) in [5.41, 5.74) is 14.4. The Balaban J connectivity index is 0.000000192. The number of hydrogen-bond donors (Lipinski definition) is 7. The van der Waals surface area contributed by atoms with E-state index in [1.165, 1.54) is 54.1 Å². The minimum Gasteiger partial charge on any atom is -0.480 e. The highest BCUT2D eigenvalue weighted by Crippen LogP contribution is 2.43. The van der Waals surface area contributed by atoms with Crippen LogP contribution >= 0.6 is 0 Å². The number of methoxy groups -OCH3 is 4.